The van der Waals surface area contributed by atoms with Crippen LogP contribution in [0.4, 0.5) is 18.0 Å². The molecule has 1 aromatic heterocycles. The van der Waals surface area contributed by atoms with Crippen LogP contribution < -0.4 is 10.4 Å². The number of halogens is 3. The van der Waals surface area contributed by atoms with Crippen LogP contribution in [0.1, 0.15) is 6.92 Å². The molecule has 1 aromatic carbocycles. The molecule has 22 heavy (non-hydrogen) atoms. The summed E-state index contributed by atoms with van der Waals surface area (Å²) in [6, 6.07) is 4.51. The van der Waals surface area contributed by atoms with E-state index in [0.717, 1.165) is 12.1 Å². The molecule has 118 valence electrons. The van der Waals surface area contributed by atoms with E-state index in [-0.39, 0.29) is 12.3 Å². The lowest BCUT2D eigenvalue weighted by atomic mass is 10.3. The molecule has 0 radical (unpaired) electrons. The second kappa shape index (κ2) is 5.87. The van der Waals surface area contributed by atoms with Crippen molar-refractivity contribution < 1.29 is 27.4 Å². The summed E-state index contributed by atoms with van der Waals surface area (Å²) in [6.45, 7) is 1.55. The fourth-order valence-corrected chi connectivity index (χ4v) is 1.52. The van der Waals surface area contributed by atoms with Crippen molar-refractivity contribution in [3.63, 3.8) is 0 Å². The average molecular weight is 318 g/mol. The Morgan fingerprint density at radius 2 is 2.05 bits per heavy atom. The Labute approximate surface area is 120 Å². The predicted molar refractivity (Wildman–Crippen MR) is 64.7 cm³/mol. The number of rotatable bonds is 3. The first-order chi connectivity index (χ1) is 10.3. The van der Waals surface area contributed by atoms with Gasteiger partial charge in [-0.25, -0.2) is 9.59 Å². The monoisotopic (exact) mass is 318 g/mol. The van der Waals surface area contributed by atoms with Gasteiger partial charge in [-0.15, -0.1) is 13.2 Å². The van der Waals surface area contributed by atoms with Gasteiger partial charge in [0.05, 0.1) is 12.3 Å². The van der Waals surface area contributed by atoms with Crippen molar-refractivity contribution in [1.29, 1.82) is 0 Å². The SMILES string of the molecule is CCOC(=O)n1nnn(-c2cccc(OC(F)(F)F)c2)c1=O. The molecule has 0 amide bonds. The molecule has 2 aromatic rings. The zero-order valence-electron chi connectivity index (χ0n) is 11.1. The Morgan fingerprint density at radius 3 is 2.68 bits per heavy atom. The predicted octanol–water partition coefficient (Wildman–Crippen LogP) is 1.33. The molecule has 0 aliphatic rings. The van der Waals surface area contributed by atoms with Crippen LogP contribution in [0.25, 0.3) is 5.69 Å². The molecule has 2 rings (SSSR count). The van der Waals surface area contributed by atoms with E-state index in [4.69, 9.17) is 0 Å². The van der Waals surface area contributed by atoms with E-state index in [1.807, 2.05) is 0 Å². The van der Waals surface area contributed by atoms with Crippen LogP contribution in [0, 0.1) is 0 Å². The maximum absolute atomic E-state index is 12.2. The highest BCUT2D eigenvalue weighted by Crippen LogP contribution is 2.23. The van der Waals surface area contributed by atoms with Crippen molar-refractivity contribution in [2.24, 2.45) is 0 Å². The van der Waals surface area contributed by atoms with Crippen molar-refractivity contribution in [2.45, 2.75) is 13.3 Å². The van der Waals surface area contributed by atoms with Crippen LogP contribution in [-0.4, -0.2) is 38.9 Å². The summed E-state index contributed by atoms with van der Waals surface area (Å²) in [5.74, 6) is -0.539. The number of aromatic nitrogens is 4. The van der Waals surface area contributed by atoms with Crippen LogP contribution >= 0.6 is 0 Å². The highest BCUT2D eigenvalue weighted by Gasteiger charge is 2.31. The van der Waals surface area contributed by atoms with Gasteiger partial charge < -0.3 is 9.47 Å². The maximum Gasteiger partial charge on any atom is 0.573 e. The molecule has 11 heteroatoms. The minimum absolute atomic E-state index is 0.0209. The number of nitrogens with zero attached hydrogens (tertiary/aromatic N) is 4. The second-order valence-electron chi connectivity index (χ2n) is 3.83. The lowest BCUT2D eigenvalue weighted by Crippen LogP contribution is -2.30. The number of hydrogen-bond donors (Lipinski definition) is 0. The van der Waals surface area contributed by atoms with Gasteiger partial charge in [-0.1, -0.05) is 10.7 Å². The Kier molecular flexibility index (Phi) is 4.15. The number of benzene rings is 1. The normalized spacial score (nSPS) is 11.3. The van der Waals surface area contributed by atoms with E-state index in [9.17, 15) is 22.8 Å². The Balaban J connectivity index is 2.35. The van der Waals surface area contributed by atoms with Gasteiger partial charge in [-0.05, 0) is 29.5 Å². The minimum Gasteiger partial charge on any atom is -0.448 e. The van der Waals surface area contributed by atoms with E-state index in [1.54, 1.807) is 0 Å². The average Bonchev–Trinajstić information content (AvgIpc) is 2.79. The van der Waals surface area contributed by atoms with Gasteiger partial charge in [0.2, 0.25) is 0 Å². The first kappa shape index (κ1) is 15.5. The summed E-state index contributed by atoms with van der Waals surface area (Å²) in [5, 5.41) is 6.70. The first-order valence-corrected chi connectivity index (χ1v) is 5.90. The molecular weight excluding hydrogens is 309 g/mol. The van der Waals surface area contributed by atoms with Crippen LogP contribution in [0.2, 0.25) is 0 Å². The summed E-state index contributed by atoms with van der Waals surface area (Å²) in [5.41, 5.74) is -1.04. The highest BCUT2D eigenvalue weighted by molar-refractivity contribution is 5.68. The molecule has 0 aliphatic heterocycles. The molecule has 8 nitrogen and oxygen atoms in total. The lowest BCUT2D eigenvalue weighted by Gasteiger charge is -2.09. The first-order valence-electron chi connectivity index (χ1n) is 5.90. The maximum atomic E-state index is 12.2. The van der Waals surface area contributed by atoms with E-state index >= 15 is 0 Å². The van der Waals surface area contributed by atoms with Gasteiger partial charge in [0.1, 0.15) is 5.75 Å². The van der Waals surface area contributed by atoms with Crippen molar-refractivity contribution in [3.8, 4) is 11.4 Å². The minimum atomic E-state index is -4.87. The van der Waals surface area contributed by atoms with E-state index in [1.165, 1.54) is 19.1 Å². The standard InChI is InChI=1S/C11H9F3N4O4/c1-2-21-10(20)18-9(19)17(15-16-18)7-4-3-5-8(6-7)22-11(12,13)14/h3-6H,2H2,1H3. The molecule has 0 atom stereocenters. The smallest absolute Gasteiger partial charge is 0.448 e. The highest BCUT2D eigenvalue weighted by atomic mass is 19.4. The topological polar surface area (TPSA) is 88.2 Å². The molecule has 0 unspecified atom stereocenters. The largest absolute Gasteiger partial charge is 0.573 e. The number of carbonyl (C=O) groups excluding carboxylic acids is 1. The molecule has 0 saturated carbocycles. The summed E-state index contributed by atoms with van der Waals surface area (Å²) in [6.07, 6.45) is -5.91. The van der Waals surface area contributed by atoms with Gasteiger partial charge in [-0.3, -0.25) is 0 Å². The summed E-state index contributed by atoms with van der Waals surface area (Å²) < 4.78 is 45.8. The Bertz CT molecular complexity index is 737. The van der Waals surface area contributed by atoms with Gasteiger partial charge in [0.25, 0.3) is 0 Å². The number of tetrazole rings is 1. The van der Waals surface area contributed by atoms with Crippen LogP contribution in [0.5, 0.6) is 5.75 Å². The Hall–Kier alpha value is -2.85. The van der Waals surface area contributed by atoms with Crippen molar-refractivity contribution in [3.05, 3.63) is 34.7 Å². The zero-order valence-corrected chi connectivity index (χ0v) is 11.1. The van der Waals surface area contributed by atoms with Gasteiger partial charge in [0.15, 0.2) is 0 Å². The fourth-order valence-electron chi connectivity index (χ4n) is 1.52. The van der Waals surface area contributed by atoms with Crippen LogP contribution in [-0.2, 0) is 4.74 Å². The zero-order chi connectivity index (χ0) is 16.3. The Morgan fingerprint density at radius 1 is 1.32 bits per heavy atom. The fraction of sp³-hybridized carbons (Fsp3) is 0.273. The van der Waals surface area contributed by atoms with Crippen molar-refractivity contribution >= 4 is 6.09 Å². The molecule has 1 heterocycles. The number of hydrogen-bond acceptors (Lipinski definition) is 6. The van der Waals surface area contributed by atoms with Crippen molar-refractivity contribution in [1.82, 2.24) is 19.8 Å². The van der Waals surface area contributed by atoms with Gasteiger partial charge in [-0.2, -0.15) is 4.68 Å². The molecule has 0 aliphatic carbocycles. The van der Waals surface area contributed by atoms with Gasteiger partial charge in [0, 0.05) is 6.07 Å². The third kappa shape index (κ3) is 3.42. The van der Waals surface area contributed by atoms with Crippen LogP contribution in [0.3, 0.4) is 0 Å². The molecule has 0 fully saturated rings. The number of ether oxygens (including phenoxy) is 2. The molecule has 0 bridgehead atoms. The molecule has 0 spiro atoms. The molecule has 0 N–H and O–H groups in total. The number of carbonyl (C=O) groups is 1. The van der Waals surface area contributed by atoms with Crippen molar-refractivity contribution in [2.75, 3.05) is 6.61 Å². The third-order valence-electron chi connectivity index (χ3n) is 2.32. The van der Waals surface area contributed by atoms with Gasteiger partial charge >= 0.3 is 18.1 Å². The number of alkyl halides is 3. The van der Waals surface area contributed by atoms with E-state index in [2.05, 4.69) is 19.9 Å². The molecule has 0 saturated heterocycles. The van der Waals surface area contributed by atoms with E-state index in [0.29, 0.717) is 9.36 Å². The summed E-state index contributed by atoms with van der Waals surface area (Å²) in [4.78, 5) is 23.3. The summed E-state index contributed by atoms with van der Waals surface area (Å²) in [7, 11) is 0. The second-order valence-corrected chi connectivity index (χ2v) is 3.83. The molecular formula is C11H9F3N4O4. The van der Waals surface area contributed by atoms with E-state index < -0.39 is 23.9 Å². The lowest BCUT2D eigenvalue weighted by molar-refractivity contribution is -0.274. The summed E-state index contributed by atoms with van der Waals surface area (Å²) >= 11 is 0. The quantitative estimate of drug-likeness (QED) is 0.793. The third-order valence-corrected chi connectivity index (χ3v) is 2.32. The van der Waals surface area contributed by atoms with Crippen LogP contribution in [0.15, 0.2) is 29.1 Å².